The molecule has 0 fully saturated rings. The Bertz CT molecular complexity index is 312. The van der Waals surface area contributed by atoms with E-state index < -0.39 is 31.3 Å². The van der Waals surface area contributed by atoms with Gasteiger partial charge in [0, 0.05) is 0 Å². The van der Waals surface area contributed by atoms with Gasteiger partial charge in [-0.1, -0.05) is 0 Å². The summed E-state index contributed by atoms with van der Waals surface area (Å²) in [6.45, 7) is 0. The quantitative estimate of drug-likeness (QED) is 0.0847. The van der Waals surface area contributed by atoms with E-state index in [0.29, 0.717) is 0 Å². The second-order valence-corrected chi connectivity index (χ2v) is 6.16. The van der Waals surface area contributed by atoms with Crippen molar-refractivity contribution in [1.82, 2.24) is 0 Å². The monoisotopic (exact) mass is 660 g/mol. The van der Waals surface area contributed by atoms with Gasteiger partial charge in [-0.2, -0.15) is 0 Å². The van der Waals surface area contributed by atoms with Crippen LogP contribution in [0.4, 0.5) is 0 Å². The number of hydrogen-bond acceptors (Lipinski definition) is 4. The minimum Gasteiger partial charge on any atom is -1.00 e. The third-order valence-corrected chi connectivity index (χ3v) is 0. The third-order valence-electron chi connectivity index (χ3n) is 0. The zero-order valence-electron chi connectivity index (χ0n) is 20.2. The van der Waals surface area contributed by atoms with Gasteiger partial charge in [-0.05, 0) is 0 Å². The molecule has 34 heavy (non-hydrogen) atoms. The molecule has 28 nitrogen and oxygen atoms in total. The fourth-order valence-electron chi connectivity index (χ4n) is 0. The maximum atomic E-state index is 8.88. The minimum atomic E-state index is -4.64. The Kier molecular flexibility index (Phi) is 242. The molecule has 0 saturated heterocycles. The molecule has 0 heterocycles. The summed E-state index contributed by atoms with van der Waals surface area (Å²) in [5, 5.41) is 0. The summed E-state index contributed by atoms with van der Waals surface area (Å²) < 4.78 is 35.5. The molecule has 0 saturated carbocycles. The maximum Gasteiger partial charge on any atom is 2.00 e. The summed E-state index contributed by atoms with van der Waals surface area (Å²) in [5.74, 6) is 0. The molecule has 0 aliphatic rings. The Morgan fingerprint density at radius 1 is 0.265 bits per heavy atom. The van der Waals surface area contributed by atoms with Crippen LogP contribution in [-0.4, -0.2) is 171 Å². The van der Waals surface area contributed by atoms with Crippen LogP contribution in [0.25, 0.3) is 0 Å². The number of rotatable bonds is 0. The van der Waals surface area contributed by atoms with E-state index in [1.165, 1.54) is 0 Å². The van der Waals surface area contributed by atoms with Crippen LogP contribution in [-0.2, 0) is 18.3 Å². The summed E-state index contributed by atoms with van der Waals surface area (Å²) in [4.78, 5) is 86.2. The minimum absolute atomic E-state index is 0. The predicted molar refractivity (Wildman–Crippen MR) is 116 cm³/mol. The van der Waals surface area contributed by atoms with Gasteiger partial charge in [0.05, 0.1) is 0 Å². The Morgan fingerprint density at radius 2 is 0.265 bits per heavy atom. The van der Waals surface area contributed by atoms with E-state index in [1.54, 1.807) is 0 Å². The summed E-state index contributed by atoms with van der Waals surface area (Å²) >= 11 is 0. The molecule has 232 valence electrons. The zero-order chi connectivity index (χ0) is 18.0. The Morgan fingerprint density at radius 3 is 0.265 bits per heavy atom. The molecule has 0 unspecified atom stereocenters. The average Bonchev–Trinajstić information content (AvgIpc) is 1.62. The summed E-state index contributed by atoms with van der Waals surface area (Å²) in [5.41, 5.74) is 0. The smallest absolute Gasteiger partial charge is 1.00 e. The molecule has 0 aromatic carbocycles. The zero-order valence-corrected chi connectivity index (χ0v) is 22.6. The molecule has 0 aliphatic heterocycles. The first-order valence-electron chi connectivity index (χ1n) is 3.13. The molecule has 0 aromatic rings. The molecular weight excluding hydrogens is 620 g/mol. The fraction of sp³-hybridized carbons (Fsp3) is 0. The molecule has 0 radical (unpaired) electrons. The standard InChI is InChI=1S/2Mg.4H3O4P.12H2O.4H/c;;4*1-5(2,3)4;;;;;;;;;;;;;;;;/h;;4*(H3,1,2,3,4);12*1H2;;;;/q2*+2;;;;;;;;;;;;;;;;;4*-1. The van der Waals surface area contributed by atoms with Crippen LogP contribution in [0.3, 0.4) is 0 Å². The molecule has 0 amide bonds. The van der Waals surface area contributed by atoms with Crippen LogP contribution in [0, 0.1) is 0 Å². The topological polar surface area (TPSA) is 689 Å². The van der Waals surface area contributed by atoms with Gasteiger partial charge >= 0.3 is 77.4 Å². The van der Waals surface area contributed by atoms with E-state index in [1.807, 2.05) is 0 Å². The summed E-state index contributed by atoms with van der Waals surface area (Å²) in [6.07, 6.45) is 0. The van der Waals surface area contributed by atoms with Gasteiger partial charge in [-0.3, -0.25) is 0 Å². The molecule has 0 aliphatic carbocycles. The van der Waals surface area contributed by atoms with E-state index in [0.717, 1.165) is 0 Å². The SMILES string of the molecule is O.O.O.O.O.O.O.O.O.O.O.O.O=P(O)(O)O.O=P(O)(O)O.O=P(O)(O)O.O=P(O)(O)O.[H-].[H-].[H-].[H-].[Mg+2].[Mg+2]. The Labute approximate surface area is 225 Å². The first-order chi connectivity index (χ1) is 8.00. The summed E-state index contributed by atoms with van der Waals surface area (Å²) in [7, 11) is -18.6. The van der Waals surface area contributed by atoms with Crippen LogP contribution in [0.5, 0.6) is 0 Å². The second kappa shape index (κ2) is 59.5. The van der Waals surface area contributed by atoms with E-state index in [-0.39, 0.29) is 118 Å². The van der Waals surface area contributed by atoms with Gasteiger partial charge in [-0.25, -0.2) is 18.3 Å². The van der Waals surface area contributed by atoms with Crippen molar-refractivity contribution in [2.45, 2.75) is 0 Å². The van der Waals surface area contributed by atoms with E-state index >= 15 is 0 Å². The van der Waals surface area contributed by atoms with Crippen LogP contribution in [0.15, 0.2) is 0 Å². The summed E-state index contributed by atoms with van der Waals surface area (Å²) in [6, 6.07) is 0. The third kappa shape index (κ3) is 15900. The molecule has 0 aromatic heterocycles. The predicted octanol–water partition coefficient (Wildman–Crippen LogP) is -13.9. The van der Waals surface area contributed by atoms with Crippen LogP contribution in [0.2, 0.25) is 0 Å². The molecule has 34 heteroatoms. The van der Waals surface area contributed by atoms with Crippen molar-refractivity contribution in [3.63, 3.8) is 0 Å². The average molecular weight is 661 g/mol. The molecule has 0 bridgehead atoms. The molecule has 0 rings (SSSR count). The van der Waals surface area contributed by atoms with E-state index in [4.69, 9.17) is 77.0 Å². The molecule has 0 spiro atoms. The van der Waals surface area contributed by atoms with Crippen molar-refractivity contribution < 1.29 is 148 Å². The molecule has 0 atom stereocenters. The van der Waals surface area contributed by atoms with Gasteiger partial charge in [0.25, 0.3) is 0 Å². The Hall–Kier alpha value is 1.49. The maximum absolute atomic E-state index is 8.88. The van der Waals surface area contributed by atoms with Crippen LogP contribution >= 0.6 is 31.3 Å². The van der Waals surface area contributed by atoms with Gasteiger partial charge in [0.1, 0.15) is 0 Å². The van der Waals surface area contributed by atoms with Gasteiger partial charge in [0.15, 0.2) is 0 Å². The largest absolute Gasteiger partial charge is 2.00 e. The second-order valence-electron chi connectivity index (χ2n) is 2.05. The number of phosphoric acid groups is 4. The Balaban J connectivity index is -0.00000000388. The number of hydrogen-bond donors (Lipinski definition) is 12. The fourth-order valence-corrected chi connectivity index (χ4v) is 0. The van der Waals surface area contributed by atoms with Gasteiger partial charge < -0.3 is 130 Å². The van der Waals surface area contributed by atoms with Gasteiger partial charge in [0.2, 0.25) is 0 Å². The van der Waals surface area contributed by atoms with E-state index in [9.17, 15) is 0 Å². The van der Waals surface area contributed by atoms with Crippen LogP contribution < -0.4 is 0 Å². The van der Waals surface area contributed by atoms with E-state index in [2.05, 4.69) is 0 Å². The van der Waals surface area contributed by atoms with Gasteiger partial charge in [-0.15, -0.1) is 0 Å². The first-order valence-corrected chi connectivity index (χ1v) is 9.39. The molecular formula is H40Mg2O28P4. The molecule has 36 N–H and O–H groups in total. The van der Waals surface area contributed by atoms with Crippen molar-refractivity contribution >= 4 is 77.4 Å². The van der Waals surface area contributed by atoms with Crippen molar-refractivity contribution in [3.8, 4) is 0 Å². The normalized spacial score (nSPS) is 6.94. The van der Waals surface area contributed by atoms with Crippen LogP contribution in [0.1, 0.15) is 5.71 Å². The van der Waals surface area contributed by atoms with Crippen molar-refractivity contribution in [3.05, 3.63) is 0 Å². The first kappa shape index (κ1) is 138. The van der Waals surface area contributed by atoms with Crippen molar-refractivity contribution in [1.29, 1.82) is 0 Å². The van der Waals surface area contributed by atoms with Crippen molar-refractivity contribution in [2.24, 2.45) is 0 Å². The van der Waals surface area contributed by atoms with Crippen molar-refractivity contribution in [2.75, 3.05) is 0 Å².